The highest BCUT2D eigenvalue weighted by atomic mass is 35.5. The zero-order chi connectivity index (χ0) is 38.4. The fraction of sp³-hybridized carbons (Fsp3) is 0.525. The van der Waals surface area contributed by atoms with Crippen LogP contribution >= 0.6 is 11.6 Å². The van der Waals surface area contributed by atoms with Gasteiger partial charge in [0.25, 0.3) is 0 Å². The van der Waals surface area contributed by atoms with Crippen molar-refractivity contribution in [2.24, 2.45) is 5.92 Å². The molecule has 3 aromatic rings. The summed E-state index contributed by atoms with van der Waals surface area (Å²) in [5.41, 5.74) is 1.81. The number of nitrogens with one attached hydrogen (secondary N) is 2. The summed E-state index contributed by atoms with van der Waals surface area (Å²) in [5.74, 6) is 1.50. The molecule has 1 unspecified atom stereocenters. The van der Waals surface area contributed by atoms with Gasteiger partial charge >= 0.3 is 0 Å². The Balaban J connectivity index is 1.43. The van der Waals surface area contributed by atoms with Crippen LogP contribution in [0.2, 0.25) is 5.02 Å². The van der Waals surface area contributed by atoms with Crippen LogP contribution in [0.4, 0.5) is 5.82 Å². The minimum atomic E-state index is -0.682. The van der Waals surface area contributed by atoms with Crippen LogP contribution in [0, 0.1) is 5.92 Å². The van der Waals surface area contributed by atoms with E-state index in [9.17, 15) is 14.4 Å². The summed E-state index contributed by atoms with van der Waals surface area (Å²) in [6.45, 7) is 3.91. The number of carbonyl (C=O) groups excluding carboxylic acids is 4. The average Bonchev–Trinajstić information content (AvgIpc) is 3.15. The third-order valence-electron chi connectivity index (χ3n) is 11.0. The summed E-state index contributed by atoms with van der Waals surface area (Å²) in [5, 5.41) is 6.98. The van der Waals surface area contributed by atoms with Gasteiger partial charge < -0.3 is 39.5 Å². The van der Waals surface area contributed by atoms with E-state index in [4.69, 9.17) is 30.8 Å². The predicted molar refractivity (Wildman–Crippen MR) is 206 cm³/mol. The molecule has 1 aromatic heterocycles. The van der Waals surface area contributed by atoms with Crippen molar-refractivity contribution in [1.29, 1.82) is 0 Å². The fourth-order valence-corrected chi connectivity index (χ4v) is 8.14. The third kappa shape index (κ3) is 8.30. The second-order valence-electron chi connectivity index (χ2n) is 14.5. The molecule has 1 atom stereocenters. The quantitative estimate of drug-likeness (QED) is 0.357. The van der Waals surface area contributed by atoms with Crippen molar-refractivity contribution in [3.05, 3.63) is 52.5 Å². The maximum absolute atomic E-state index is 15.0. The molecular weight excluding hydrogens is 712 g/mol. The minimum Gasteiger partial charge on any atom is -0.493 e. The molecule has 1 saturated carbocycles. The molecule has 0 radical (unpaired) electrons. The summed E-state index contributed by atoms with van der Waals surface area (Å²) >= 11 is 6.28. The third-order valence-corrected chi connectivity index (χ3v) is 11.3. The minimum absolute atomic E-state index is 0.0389. The Morgan fingerprint density at radius 3 is 2.30 bits per heavy atom. The molecule has 14 heteroatoms. The summed E-state index contributed by atoms with van der Waals surface area (Å²) in [4.78, 5) is 64.0. The first-order valence-electron chi connectivity index (χ1n) is 18.8. The van der Waals surface area contributed by atoms with Crippen LogP contribution < -0.4 is 29.7 Å². The Bertz CT molecular complexity index is 1870. The van der Waals surface area contributed by atoms with E-state index in [0.717, 1.165) is 61.0 Å². The number of pyridine rings is 1. The van der Waals surface area contributed by atoms with Crippen molar-refractivity contribution < 1.29 is 33.4 Å². The number of aromatic nitrogens is 1. The number of ether oxygens (including phenoxy) is 3. The van der Waals surface area contributed by atoms with Crippen molar-refractivity contribution in [3.8, 4) is 17.2 Å². The molecule has 2 aromatic carbocycles. The molecule has 6 rings (SSSR count). The Morgan fingerprint density at radius 1 is 0.926 bits per heavy atom. The van der Waals surface area contributed by atoms with E-state index in [0.29, 0.717) is 73.4 Å². The maximum Gasteiger partial charge on any atom is 0.242 e. The molecule has 1 saturated heterocycles. The second-order valence-corrected chi connectivity index (χ2v) is 15.0. The topological polar surface area (TPSA) is 143 Å². The number of fused-ring (bicyclic) bond motifs is 5. The second kappa shape index (κ2) is 17.1. The molecule has 3 heterocycles. The van der Waals surface area contributed by atoms with Gasteiger partial charge in [0, 0.05) is 68.2 Å². The van der Waals surface area contributed by atoms with Crippen molar-refractivity contribution in [2.75, 3.05) is 72.0 Å². The van der Waals surface area contributed by atoms with Gasteiger partial charge in [-0.15, -0.1) is 0 Å². The van der Waals surface area contributed by atoms with Crippen LogP contribution in [0.5, 0.6) is 17.2 Å². The van der Waals surface area contributed by atoms with Crippen molar-refractivity contribution in [1.82, 2.24) is 25.4 Å². The van der Waals surface area contributed by atoms with Gasteiger partial charge in [-0.1, -0.05) is 30.2 Å². The van der Waals surface area contributed by atoms with Gasteiger partial charge in [-0.05, 0) is 68.2 Å². The summed E-state index contributed by atoms with van der Waals surface area (Å²) < 4.78 is 17.3. The zero-order valence-corrected chi connectivity index (χ0v) is 32.4. The van der Waals surface area contributed by atoms with Gasteiger partial charge in [0.1, 0.15) is 5.82 Å². The van der Waals surface area contributed by atoms with Crippen LogP contribution in [0.25, 0.3) is 10.9 Å². The molecule has 290 valence electrons. The van der Waals surface area contributed by atoms with Gasteiger partial charge in [0.05, 0.1) is 45.4 Å². The number of hydrogen-bond acceptors (Lipinski definition) is 9. The molecule has 1 aliphatic carbocycles. The summed E-state index contributed by atoms with van der Waals surface area (Å²) in [7, 11) is 4.74. The lowest BCUT2D eigenvalue weighted by Crippen LogP contribution is -2.51. The zero-order valence-electron chi connectivity index (χ0n) is 31.7. The Kier molecular flexibility index (Phi) is 12.4. The largest absolute Gasteiger partial charge is 0.493 e. The first kappa shape index (κ1) is 38.9. The Hall–Kier alpha value is -4.78. The van der Waals surface area contributed by atoms with Crippen LogP contribution in [0.3, 0.4) is 0 Å². The van der Waals surface area contributed by atoms with E-state index in [1.807, 2.05) is 35.2 Å². The predicted octanol–water partition coefficient (Wildman–Crippen LogP) is 4.46. The standard InChI is InChI=1S/C40H51ClN6O7/c1-26(48)42-22-35(50)45-16-5-6-17-47(39(51)40(14-8-15-40)29-10-12-30(41)13-11-29)24-28-19-31-32(20-33(52-2)37(54-4)36(31)53-3)44-38(28)46-18-7-9-27(23-46)21-43-34(49)25-45/h10-13,19-20,27H,5-9,14-18,21-25H2,1-4H3,(H,42,48)(H,43,49). The van der Waals surface area contributed by atoms with Crippen molar-refractivity contribution in [3.63, 3.8) is 0 Å². The molecule has 2 bridgehead atoms. The summed E-state index contributed by atoms with van der Waals surface area (Å²) in [6, 6.07) is 11.5. The first-order chi connectivity index (χ1) is 26.1. The Labute approximate surface area is 321 Å². The highest BCUT2D eigenvalue weighted by Crippen LogP contribution is 2.47. The smallest absolute Gasteiger partial charge is 0.242 e. The SMILES string of the molecule is COc1cc2nc3c(cc2c(OC)c1OC)CN(C(=O)C1(c2ccc(Cl)cc2)CCC1)CCCCN(C(=O)CNC(C)=O)CC(=O)NCC1CCCN3C1. The molecule has 4 amide bonds. The molecule has 0 spiro atoms. The number of rotatable bonds is 7. The number of nitrogens with zero attached hydrogens (tertiary/aromatic N) is 4. The van der Waals surface area contributed by atoms with Gasteiger partial charge in [0.2, 0.25) is 29.4 Å². The normalized spacial score (nSPS) is 19.2. The van der Waals surface area contributed by atoms with Crippen LogP contribution in [-0.2, 0) is 31.1 Å². The lowest BCUT2D eigenvalue weighted by Gasteiger charge is -2.44. The van der Waals surface area contributed by atoms with Crippen LogP contribution in [0.1, 0.15) is 63.0 Å². The van der Waals surface area contributed by atoms with Crippen LogP contribution in [-0.4, -0.2) is 106 Å². The van der Waals surface area contributed by atoms with Crippen molar-refractivity contribution in [2.45, 2.75) is 63.8 Å². The highest BCUT2D eigenvalue weighted by molar-refractivity contribution is 6.30. The number of anilines is 1. The molecule has 54 heavy (non-hydrogen) atoms. The summed E-state index contributed by atoms with van der Waals surface area (Å²) in [6.07, 6.45) is 5.31. The number of halogens is 1. The average molecular weight is 763 g/mol. The van der Waals surface area contributed by atoms with Crippen LogP contribution in [0.15, 0.2) is 36.4 Å². The maximum atomic E-state index is 15.0. The van der Waals surface area contributed by atoms with E-state index in [1.54, 1.807) is 21.3 Å². The number of hydrogen-bond donors (Lipinski definition) is 2. The van der Waals surface area contributed by atoms with E-state index >= 15 is 4.79 Å². The lowest BCUT2D eigenvalue weighted by atomic mass is 9.63. The molecular formula is C40H51ClN6O7. The lowest BCUT2D eigenvalue weighted by molar-refractivity contribution is -0.142. The van der Waals surface area contributed by atoms with Gasteiger partial charge in [0.15, 0.2) is 11.5 Å². The van der Waals surface area contributed by atoms with Gasteiger partial charge in [-0.25, -0.2) is 4.98 Å². The number of methoxy groups -OCH3 is 3. The van der Waals surface area contributed by atoms with E-state index in [-0.39, 0.29) is 42.6 Å². The number of carbonyl (C=O) groups is 4. The fourth-order valence-electron chi connectivity index (χ4n) is 8.02. The number of amides is 4. The number of piperidine rings is 1. The first-order valence-corrected chi connectivity index (χ1v) is 19.2. The molecule has 13 nitrogen and oxygen atoms in total. The van der Waals surface area contributed by atoms with Gasteiger partial charge in [-0.3, -0.25) is 19.2 Å². The van der Waals surface area contributed by atoms with E-state index in [1.165, 1.54) is 11.8 Å². The molecule has 2 N–H and O–H groups in total. The van der Waals surface area contributed by atoms with E-state index < -0.39 is 5.41 Å². The highest BCUT2D eigenvalue weighted by Gasteiger charge is 2.47. The van der Waals surface area contributed by atoms with E-state index in [2.05, 4.69) is 21.6 Å². The molecule has 2 fully saturated rings. The van der Waals surface area contributed by atoms with Crippen molar-refractivity contribution >= 4 is 52.0 Å². The van der Waals surface area contributed by atoms with Gasteiger partial charge in [-0.2, -0.15) is 0 Å². The monoisotopic (exact) mass is 762 g/mol. The number of benzene rings is 2. The molecule has 2 aliphatic heterocycles. The Morgan fingerprint density at radius 2 is 1.65 bits per heavy atom. The molecule has 3 aliphatic rings.